The molecule has 0 spiro atoms. The van der Waals surface area contributed by atoms with Gasteiger partial charge in [-0.2, -0.15) is 5.26 Å². The quantitative estimate of drug-likeness (QED) is 0.863. The Kier molecular flexibility index (Phi) is 3.63. The van der Waals surface area contributed by atoms with E-state index in [0.717, 1.165) is 27.7 Å². The number of aromatic nitrogens is 1. The zero-order chi connectivity index (χ0) is 14.2. The van der Waals surface area contributed by atoms with Crippen LogP contribution in [0.25, 0.3) is 10.9 Å². The number of nitrogens with zero attached hydrogens (tertiary/aromatic N) is 3. The fourth-order valence-electron chi connectivity index (χ4n) is 2.31. The molecule has 0 amide bonds. The van der Waals surface area contributed by atoms with Gasteiger partial charge in [-0.15, -0.1) is 0 Å². The summed E-state index contributed by atoms with van der Waals surface area (Å²) < 4.78 is 13.6. The van der Waals surface area contributed by atoms with Crippen LogP contribution in [0, 0.1) is 18.3 Å². The Hall–Kier alpha value is -1.80. The average molecular weight is 275 g/mol. The maximum absolute atomic E-state index is 11.8. The van der Waals surface area contributed by atoms with Gasteiger partial charge in [-0.05, 0) is 30.2 Å². The Balaban J connectivity index is 2.83. The van der Waals surface area contributed by atoms with E-state index in [-0.39, 0.29) is 0 Å². The van der Waals surface area contributed by atoms with E-state index in [1.54, 1.807) is 10.2 Å². The highest BCUT2D eigenvalue weighted by Crippen LogP contribution is 2.30. The van der Waals surface area contributed by atoms with Crippen molar-refractivity contribution < 1.29 is 4.21 Å². The van der Waals surface area contributed by atoms with Crippen molar-refractivity contribution in [2.24, 2.45) is 0 Å². The summed E-state index contributed by atoms with van der Waals surface area (Å²) in [7, 11) is 2.83. The van der Waals surface area contributed by atoms with Crippen molar-refractivity contribution in [1.82, 2.24) is 3.97 Å². The highest BCUT2D eigenvalue weighted by atomic mass is 32.2. The summed E-state index contributed by atoms with van der Waals surface area (Å²) in [6.07, 6.45) is 3.81. The topological polar surface area (TPSA) is 49.0 Å². The lowest BCUT2D eigenvalue weighted by Crippen LogP contribution is -2.09. The second-order valence-corrected chi connectivity index (χ2v) is 6.03. The molecule has 1 atom stereocenters. The Morgan fingerprint density at radius 1 is 1.42 bits per heavy atom. The lowest BCUT2D eigenvalue weighted by Gasteiger charge is -2.14. The van der Waals surface area contributed by atoms with E-state index < -0.39 is 11.0 Å². The molecule has 4 nitrogen and oxygen atoms in total. The average Bonchev–Trinajstić information content (AvgIpc) is 2.69. The Morgan fingerprint density at radius 2 is 2.11 bits per heavy atom. The molecule has 5 heteroatoms. The fraction of sp³-hybridized carbons (Fsp3) is 0.357. The van der Waals surface area contributed by atoms with E-state index in [9.17, 15) is 4.21 Å². The molecule has 2 aromatic rings. The number of rotatable bonds is 3. The van der Waals surface area contributed by atoms with Gasteiger partial charge in [-0.1, -0.05) is 0 Å². The number of benzene rings is 1. The normalized spacial score (nSPS) is 12.4. The first-order valence-corrected chi connectivity index (χ1v) is 7.50. The predicted octanol–water partition coefficient (Wildman–Crippen LogP) is 2.22. The van der Waals surface area contributed by atoms with Crippen LogP contribution in [0.2, 0.25) is 0 Å². The van der Waals surface area contributed by atoms with Gasteiger partial charge in [0.25, 0.3) is 0 Å². The zero-order valence-electron chi connectivity index (χ0n) is 11.6. The molecule has 1 unspecified atom stereocenters. The smallest absolute Gasteiger partial charge is 0.120 e. The van der Waals surface area contributed by atoms with Gasteiger partial charge in [0.1, 0.15) is 11.0 Å². The molecule has 0 radical (unpaired) electrons. The van der Waals surface area contributed by atoms with Crippen molar-refractivity contribution in [1.29, 1.82) is 5.26 Å². The summed E-state index contributed by atoms with van der Waals surface area (Å²) in [6, 6.07) is 6.28. The zero-order valence-corrected chi connectivity index (χ0v) is 12.4. The first-order valence-electron chi connectivity index (χ1n) is 5.98. The third-order valence-corrected chi connectivity index (χ3v) is 4.05. The van der Waals surface area contributed by atoms with E-state index in [1.807, 2.05) is 38.2 Å². The minimum atomic E-state index is -1.13. The van der Waals surface area contributed by atoms with Gasteiger partial charge < -0.3 is 4.90 Å². The maximum Gasteiger partial charge on any atom is 0.120 e. The number of aryl methyl sites for hydroxylation is 1. The van der Waals surface area contributed by atoms with Crippen LogP contribution in [-0.4, -0.2) is 28.5 Å². The molecule has 0 fully saturated rings. The van der Waals surface area contributed by atoms with E-state index in [4.69, 9.17) is 5.26 Å². The van der Waals surface area contributed by atoms with Gasteiger partial charge in [0.15, 0.2) is 0 Å². The van der Waals surface area contributed by atoms with Crippen molar-refractivity contribution in [3.8, 4) is 6.07 Å². The highest BCUT2D eigenvalue weighted by Gasteiger charge is 2.14. The van der Waals surface area contributed by atoms with Gasteiger partial charge in [0.05, 0.1) is 18.0 Å². The minimum absolute atomic E-state index is 0.336. The molecule has 0 aliphatic carbocycles. The van der Waals surface area contributed by atoms with E-state index in [1.165, 1.54) is 0 Å². The Morgan fingerprint density at radius 3 is 2.63 bits per heavy atom. The summed E-state index contributed by atoms with van der Waals surface area (Å²) >= 11 is 0. The van der Waals surface area contributed by atoms with Gasteiger partial charge in [0, 0.05) is 37.6 Å². The number of anilines is 1. The van der Waals surface area contributed by atoms with Crippen molar-refractivity contribution in [3.05, 3.63) is 29.5 Å². The second kappa shape index (κ2) is 5.06. The van der Waals surface area contributed by atoms with E-state index in [2.05, 4.69) is 12.1 Å². The lowest BCUT2D eigenvalue weighted by atomic mass is 10.0. The van der Waals surface area contributed by atoms with Crippen LogP contribution < -0.4 is 4.90 Å². The molecule has 2 rings (SSSR count). The van der Waals surface area contributed by atoms with Crippen molar-refractivity contribution in [3.63, 3.8) is 0 Å². The molecule has 1 aromatic carbocycles. The van der Waals surface area contributed by atoms with Gasteiger partial charge in [0.2, 0.25) is 0 Å². The van der Waals surface area contributed by atoms with E-state index in [0.29, 0.717) is 6.42 Å². The molecule has 0 aliphatic heterocycles. The first kappa shape index (κ1) is 13.6. The molecule has 0 aliphatic rings. The summed E-state index contributed by atoms with van der Waals surface area (Å²) in [6.45, 7) is 2.03. The minimum Gasteiger partial charge on any atom is -0.378 e. The monoisotopic (exact) mass is 275 g/mol. The maximum atomic E-state index is 11.8. The van der Waals surface area contributed by atoms with Crippen LogP contribution >= 0.6 is 0 Å². The van der Waals surface area contributed by atoms with Crippen molar-refractivity contribution in [2.75, 3.05) is 25.3 Å². The molecular formula is C14H17N3OS. The third-order valence-electron chi connectivity index (χ3n) is 3.19. The Labute approximate surface area is 115 Å². The lowest BCUT2D eigenvalue weighted by molar-refractivity contribution is 0.682. The number of hydrogen-bond donors (Lipinski definition) is 0. The van der Waals surface area contributed by atoms with Crippen LogP contribution in [0.15, 0.2) is 18.3 Å². The third kappa shape index (κ3) is 2.36. The van der Waals surface area contributed by atoms with Crippen molar-refractivity contribution in [2.45, 2.75) is 13.3 Å². The number of fused-ring (bicyclic) bond motifs is 1. The van der Waals surface area contributed by atoms with Gasteiger partial charge in [-0.3, -0.25) is 3.97 Å². The van der Waals surface area contributed by atoms with Crippen LogP contribution in [0.3, 0.4) is 0 Å². The summed E-state index contributed by atoms with van der Waals surface area (Å²) in [5.41, 5.74) is 4.04. The molecule has 1 heterocycles. The molecule has 19 heavy (non-hydrogen) atoms. The highest BCUT2D eigenvalue weighted by molar-refractivity contribution is 7.82. The van der Waals surface area contributed by atoms with Gasteiger partial charge in [-0.25, -0.2) is 4.21 Å². The molecule has 0 N–H and O–H groups in total. The number of hydrogen-bond acceptors (Lipinski definition) is 3. The van der Waals surface area contributed by atoms with Gasteiger partial charge >= 0.3 is 0 Å². The SMILES string of the molecule is Cc1cc(N(C)C)cc2c1c(CC#N)cn2S(C)=O. The molecule has 0 bridgehead atoms. The molecule has 100 valence electrons. The molecule has 1 aromatic heterocycles. The Bertz CT molecular complexity index is 695. The van der Waals surface area contributed by atoms with E-state index >= 15 is 0 Å². The largest absolute Gasteiger partial charge is 0.378 e. The standard InChI is InChI=1S/C14H17N3OS/c1-10-7-12(16(2)3)8-13-14(10)11(5-6-15)9-17(13)19(4)18/h7-9H,5H2,1-4H3. The summed E-state index contributed by atoms with van der Waals surface area (Å²) in [5.74, 6) is 0. The van der Waals surface area contributed by atoms with Crippen LogP contribution in [0.4, 0.5) is 5.69 Å². The summed E-state index contributed by atoms with van der Waals surface area (Å²) in [5, 5.41) is 9.96. The molecule has 0 saturated carbocycles. The summed E-state index contributed by atoms with van der Waals surface area (Å²) in [4.78, 5) is 2.02. The van der Waals surface area contributed by atoms with Crippen molar-refractivity contribution >= 4 is 27.6 Å². The predicted molar refractivity (Wildman–Crippen MR) is 79.8 cm³/mol. The van der Waals surface area contributed by atoms with Crippen LogP contribution in [0.1, 0.15) is 11.1 Å². The second-order valence-electron chi connectivity index (χ2n) is 4.79. The van der Waals surface area contributed by atoms with Crippen LogP contribution in [0.5, 0.6) is 0 Å². The fourth-order valence-corrected chi connectivity index (χ4v) is 3.00. The molecular weight excluding hydrogens is 258 g/mol. The number of nitriles is 1. The molecule has 0 saturated heterocycles. The van der Waals surface area contributed by atoms with Crippen LogP contribution in [-0.2, 0) is 17.4 Å². The first-order chi connectivity index (χ1) is 8.95.